The molecule has 0 bridgehead atoms. The number of aromatic nitrogens is 6. The van der Waals surface area contributed by atoms with Gasteiger partial charge in [-0.2, -0.15) is 5.10 Å². The third kappa shape index (κ3) is 3.86. The summed E-state index contributed by atoms with van der Waals surface area (Å²) in [6.07, 6.45) is 3.32. The van der Waals surface area contributed by atoms with Crippen LogP contribution >= 0.6 is 11.3 Å². The van der Waals surface area contributed by atoms with Gasteiger partial charge in [0.1, 0.15) is 17.2 Å². The summed E-state index contributed by atoms with van der Waals surface area (Å²) in [6.45, 7) is 7.29. The second-order valence-corrected chi connectivity index (χ2v) is 8.16. The van der Waals surface area contributed by atoms with E-state index in [0.29, 0.717) is 11.7 Å². The first-order valence-corrected chi connectivity index (χ1v) is 10.0. The average Bonchev–Trinajstić information content (AvgIpc) is 3.26. The molecule has 28 heavy (non-hydrogen) atoms. The normalized spacial score (nSPS) is 17.0. The molecule has 0 unspecified atom stereocenters. The van der Waals surface area contributed by atoms with Gasteiger partial charge in [0.15, 0.2) is 5.82 Å². The minimum absolute atomic E-state index is 0.0197. The zero-order valence-electron chi connectivity index (χ0n) is 16.1. The lowest BCUT2D eigenvalue weighted by Crippen LogP contribution is -2.41. The Hall–Kier alpha value is -2.88. The van der Waals surface area contributed by atoms with Gasteiger partial charge in [-0.15, -0.1) is 10.2 Å². The Morgan fingerprint density at radius 1 is 1.18 bits per heavy atom. The maximum absolute atomic E-state index is 12.6. The fourth-order valence-electron chi connectivity index (χ4n) is 3.44. The summed E-state index contributed by atoms with van der Waals surface area (Å²) in [4.78, 5) is 23.6. The minimum atomic E-state index is -0.120. The Morgan fingerprint density at radius 2 is 2.00 bits per heavy atom. The molecule has 10 heteroatoms. The van der Waals surface area contributed by atoms with Gasteiger partial charge in [0.25, 0.3) is 0 Å². The highest BCUT2D eigenvalue weighted by Crippen LogP contribution is 2.24. The first kappa shape index (κ1) is 18.5. The number of nitrogens with zero attached hydrogens (tertiary/aromatic N) is 7. The molecule has 0 saturated carbocycles. The van der Waals surface area contributed by atoms with Gasteiger partial charge in [-0.1, -0.05) is 11.3 Å². The Bertz CT molecular complexity index is 997. The van der Waals surface area contributed by atoms with Crippen molar-refractivity contribution in [2.24, 2.45) is 5.92 Å². The Balaban J connectivity index is 1.49. The number of hydrogen-bond acceptors (Lipinski definition) is 8. The van der Waals surface area contributed by atoms with Crippen molar-refractivity contribution in [3.05, 3.63) is 34.9 Å². The van der Waals surface area contributed by atoms with Crippen LogP contribution in [0.3, 0.4) is 0 Å². The van der Waals surface area contributed by atoms with Gasteiger partial charge in [-0.3, -0.25) is 4.79 Å². The number of piperidine rings is 1. The second kappa shape index (κ2) is 7.63. The molecule has 3 aromatic heterocycles. The summed E-state index contributed by atoms with van der Waals surface area (Å²) in [5, 5.41) is 16.7. The van der Waals surface area contributed by atoms with Gasteiger partial charge in [-0.05, 0) is 39.7 Å². The van der Waals surface area contributed by atoms with Crippen LogP contribution in [0.1, 0.15) is 29.2 Å². The first-order valence-electron chi connectivity index (χ1n) is 9.21. The maximum Gasteiger partial charge on any atom is 0.231 e. The summed E-state index contributed by atoms with van der Waals surface area (Å²) in [6, 6.07) is 3.94. The third-order valence-electron chi connectivity index (χ3n) is 4.74. The van der Waals surface area contributed by atoms with Crippen molar-refractivity contribution in [3.8, 4) is 5.82 Å². The van der Waals surface area contributed by atoms with E-state index < -0.39 is 0 Å². The molecule has 4 rings (SSSR count). The summed E-state index contributed by atoms with van der Waals surface area (Å²) >= 11 is 1.38. The molecule has 1 fully saturated rings. The largest absolute Gasteiger partial charge is 0.356 e. The van der Waals surface area contributed by atoms with Crippen molar-refractivity contribution in [2.75, 3.05) is 23.3 Å². The number of aryl methyl sites for hydroxylation is 3. The molecule has 1 N–H and O–H groups in total. The van der Waals surface area contributed by atoms with Gasteiger partial charge in [-0.25, -0.2) is 14.6 Å². The molecule has 1 amide bonds. The quantitative estimate of drug-likeness (QED) is 0.719. The Labute approximate surface area is 166 Å². The van der Waals surface area contributed by atoms with Crippen LogP contribution in [0, 0.1) is 26.7 Å². The van der Waals surface area contributed by atoms with Crippen molar-refractivity contribution >= 4 is 28.2 Å². The van der Waals surface area contributed by atoms with Crippen LogP contribution < -0.4 is 10.2 Å². The van der Waals surface area contributed by atoms with E-state index in [1.165, 1.54) is 11.3 Å². The lowest BCUT2D eigenvalue weighted by Gasteiger charge is -2.32. The monoisotopic (exact) mass is 398 g/mol. The zero-order valence-corrected chi connectivity index (χ0v) is 16.9. The minimum Gasteiger partial charge on any atom is -0.356 e. The summed E-state index contributed by atoms with van der Waals surface area (Å²) in [5.41, 5.74) is 1.96. The second-order valence-electron chi connectivity index (χ2n) is 6.97. The van der Waals surface area contributed by atoms with E-state index >= 15 is 0 Å². The van der Waals surface area contributed by atoms with Crippen molar-refractivity contribution < 1.29 is 4.79 Å². The molecule has 0 aromatic carbocycles. The molecule has 0 spiro atoms. The van der Waals surface area contributed by atoms with Crippen LogP contribution in [0.5, 0.6) is 0 Å². The Morgan fingerprint density at radius 3 is 2.71 bits per heavy atom. The smallest absolute Gasteiger partial charge is 0.231 e. The summed E-state index contributed by atoms with van der Waals surface area (Å²) in [7, 11) is 0. The average molecular weight is 398 g/mol. The van der Waals surface area contributed by atoms with Gasteiger partial charge >= 0.3 is 0 Å². The SMILES string of the molecule is Cc1cc(C)n(-c2cc(N3CCC[C@H](C(=O)Nc4nnc(C)s4)C3)ncn2)n1. The molecular formula is C18H22N8OS. The highest BCUT2D eigenvalue weighted by atomic mass is 32.1. The highest BCUT2D eigenvalue weighted by molar-refractivity contribution is 7.15. The van der Waals surface area contributed by atoms with E-state index in [0.717, 1.165) is 47.4 Å². The molecule has 1 atom stereocenters. The van der Waals surface area contributed by atoms with E-state index in [-0.39, 0.29) is 11.8 Å². The van der Waals surface area contributed by atoms with Crippen LogP contribution in [0.15, 0.2) is 18.5 Å². The van der Waals surface area contributed by atoms with Crippen molar-refractivity contribution in [1.82, 2.24) is 29.9 Å². The molecule has 1 saturated heterocycles. The molecule has 3 aromatic rings. The molecular weight excluding hydrogens is 376 g/mol. The van der Waals surface area contributed by atoms with Crippen LogP contribution in [-0.4, -0.2) is 48.9 Å². The van der Waals surface area contributed by atoms with Crippen LogP contribution in [0.25, 0.3) is 5.82 Å². The van der Waals surface area contributed by atoms with Gasteiger partial charge in [0.2, 0.25) is 11.0 Å². The predicted octanol–water partition coefficient (Wildman–Crippen LogP) is 2.29. The number of anilines is 2. The highest BCUT2D eigenvalue weighted by Gasteiger charge is 2.27. The van der Waals surface area contributed by atoms with Crippen LogP contribution in [0.4, 0.5) is 10.9 Å². The van der Waals surface area contributed by atoms with Crippen LogP contribution in [0.2, 0.25) is 0 Å². The lowest BCUT2D eigenvalue weighted by molar-refractivity contribution is -0.120. The number of amides is 1. The third-order valence-corrected chi connectivity index (χ3v) is 5.49. The van der Waals surface area contributed by atoms with Crippen molar-refractivity contribution in [2.45, 2.75) is 33.6 Å². The van der Waals surface area contributed by atoms with Crippen molar-refractivity contribution in [1.29, 1.82) is 0 Å². The molecule has 1 aliphatic rings. The Kier molecular flexibility index (Phi) is 5.03. The molecule has 0 aliphatic carbocycles. The van der Waals surface area contributed by atoms with E-state index in [9.17, 15) is 4.79 Å². The lowest BCUT2D eigenvalue weighted by atomic mass is 9.97. The fourth-order valence-corrected chi connectivity index (χ4v) is 4.04. The standard InChI is InChI=1S/C18H22N8OS/c1-11-7-12(2)26(24-11)16-8-15(19-10-20-16)25-6-4-5-14(9-25)17(27)21-18-23-22-13(3)28-18/h7-8,10,14H,4-6,9H2,1-3H3,(H,21,23,27)/t14-/m0/s1. The fraction of sp³-hybridized carbons (Fsp3) is 0.444. The predicted molar refractivity (Wildman–Crippen MR) is 107 cm³/mol. The number of nitrogens with one attached hydrogen (secondary N) is 1. The van der Waals surface area contributed by atoms with Crippen molar-refractivity contribution in [3.63, 3.8) is 0 Å². The molecule has 1 aliphatic heterocycles. The van der Waals surface area contributed by atoms with E-state index in [4.69, 9.17) is 0 Å². The summed E-state index contributed by atoms with van der Waals surface area (Å²) < 4.78 is 1.81. The number of carbonyl (C=O) groups is 1. The number of hydrogen-bond donors (Lipinski definition) is 1. The van der Waals surface area contributed by atoms with Gasteiger partial charge in [0, 0.05) is 24.8 Å². The number of carbonyl (C=O) groups excluding carboxylic acids is 1. The molecule has 4 heterocycles. The number of rotatable bonds is 4. The van der Waals surface area contributed by atoms with Gasteiger partial charge in [0.05, 0.1) is 11.6 Å². The zero-order chi connectivity index (χ0) is 19.7. The molecule has 9 nitrogen and oxygen atoms in total. The molecule has 146 valence electrons. The van der Waals surface area contributed by atoms with Gasteiger partial charge < -0.3 is 10.2 Å². The van der Waals surface area contributed by atoms with E-state index in [1.807, 2.05) is 37.6 Å². The van der Waals surface area contributed by atoms with E-state index in [1.54, 1.807) is 6.33 Å². The van der Waals surface area contributed by atoms with Crippen LogP contribution in [-0.2, 0) is 4.79 Å². The maximum atomic E-state index is 12.6. The first-order chi connectivity index (χ1) is 13.5. The topological polar surface area (TPSA) is 102 Å². The van der Waals surface area contributed by atoms with E-state index in [2.05, 4.69) is 35.5 Å². The summed E-state index contributed by atoms with van der Waals surface area (Å²) in [5.74, 6) is 1.40. The molecule has 0 radical (unpaired) electrons.